The molecule has 0 saturated heterocycles. The summed E-state index contributed by atoms with van der Waals surface area (Å²) in [4.78, 5) is 41.0. The van der Waals surface area contributed by atoms with E-state index in [0.717, 1.165) is 24.0 Å². The van der Waals surface area contributed by atoms with Crippen molar-refractivity contribution in [3.8, 4) is 0 Å². The highest BCUT2D eigenvalue weighted by molar-refractivity contribution is 5.92. The van der Waals surface area contributed by atoms with Crippen molar-refractivity contribution in [1.82, 2.24) is 15.5 Å². The zero-order chi connectivity index (χ0) is 25.2. The Hall–Kier alpha value is -2.57. The summed E-state index contributed by atoms with van der Waals surface area (Å²) in [5, 5.41) is 5.72. The van der Waals surface area contributed by atoms with Crippen LogP contribution in [0.4, 0.5) is 4.79 Å². The molecule has 1 aromatic carbocycles. The van der Waals surface area contributed by atoms with Gasteiger partial charge in [0.05, 0.1) is 0 Å². The maximum Gasteiger partial charge on any atom is 0.408 e. The lowest BCUT2D eigenvalue weighted by atomic mass is 9.98. The number of carbonyl (C=O) groups is 3. The van der Waals surface area contributed by atoms with Gasteiger partial charge in [0.2, 0.25) is 11.8 Å². The van der Waals surface area contributed by atoms with Gasteiger partial charge in [-0.15, -0.1) is 0 Å². The third kappa shape index (κ3) is 9.84. The highest BCUT2D eigenvalue weighted by atomic mass is 16.6. The number of benzene rings is 1. The molecule has 0 bridgehead atoms. The van der Waals surface area contributed by atoms with Crippen molar-refractivity contribution >= 4 is 17.9 Å². The van der Waals surface area contributed by atoms with Crippen molar-refractivity contribution in [2.45, 2.75) is 92.3 Å². The summed E-state index contributed by atoms with van der Waals surface area (Å²) in [5.41, 5.74) is 1.14. The van der Waals surface area contributed by atoms with Gasteiger partial charge in [-0.25, -0.2) is 4.79 Å². The fourth-order valence-electron chi connectivity index (χ4n) is 3.52. The van der Waals surface area contributed by atoms with Crippen LogP contribution >= 0.6 is 0 Å². The van der Waals surface area contributed by atoms with E-state index in [9.17, 15) is 14.4 Å². The Bertz CT molecular complexity index is 769. The average molecular weight is 462 g/mol. The summed E-state index contributed by atoms with van der Waals surface area (Å²) in [6.07, 6.45) is 1.62. The lowest BCUT2D eigenvalue weighted by Crippen LogP contribution is -2.53. The second-order valence-corrected chi connectivity index (χ2v) is 9.91. The van der Waals surface area contributed by atoms with Gasteiger partial charge in [-0.2, -0.15) is 0 Å². The van der Waals surface area contributed by atoms with E-state index in [1.165, 1.54) is 0 Å². The fourth-order valence-corrected chi connectivity index (χ4v) is 3.52. The first kappa shape index (κ1) is 28.5. The molecule has 7 nitrogen and oxygen atoms in total. The largest absolute Gasteiger partial charge is 0.444 e. The minimum Gasteiger partial charge on any atom is -0.444 e. The topological polar surface area (TPSA) is 87.7 Å². The minimum absolute atomic E-state index is 0.156. The van der Waals surface area contributed by atoms with E-state index in [1.54, 1.807) is 25.7 Å². The number of amides is 3. The van der Waals surface area contributed by atoms with Crippen LogP contribution in [0.15, 0.2) is 24.3 Å². The first-order chi connectivity index (χ1) is 15.4. The Labute approximate surface area is 199 Å². The Morgan fingerprint density at radius 2 is 1.67 bits per heavy atom. The summed E-state index contributed by atoms with van der Waals surface area (Å²) in [6, 6.07) is 6.06. The predicted molar refractivity (Wildman–Crippen MR) is 132 cm³/mol. The predicted octanol–water partition coefficient (Wildman–Crippen LogP) is 4.74. The third-order valence-electron chi connectivity index (χ3n) is 5.10. The number of alkyl carbamates (subject to hydrolysis) is 1. The SMILES string of the molecule is CCCCNC(=O)C(c1ccc(C)cc1)N(CC)C(=O)C(CC(C)C)NC(=O)OC(C)(C)C. The molecule has 3 amide bonds. The lowest BCUT2D eigenvalue weighted by molar-refractivity contribution is -0.142. The van der Waals surface area contributed by atoms with Gasteiger partial charge in [0.25, 0.3) is 0 Å². The fraction of sp³-hybridized carbons (Fsp3) is 0.654. The van der Waals surface area contributed by atoms with Crippen molar-refractivity contribution < 1.29 is 19.1 Å². The number of aryl methyl sites for hydroxylation is 1. The molecule has 7 heteroatoms. The van der Waals surface area contributed by atoms with E-state index >= 15 is 0 Å². The van der Waals surface area contributed by atoms with E-state index in [0.29, 0.717) is 19.5 Å². The second kappa shape index (κ2) is 13.2. The molecule has 186 valence electrons. The summed E-state index contributed by atoms with van der Waals surface area (Å²) >= 11 is 0. The number of nitrogens with one attached hydrogen (secondary N) is 2. The van der Waals surface area contributed by atoms with E-state index in [-0.39, 0.29) is 17.7 Å². The van der Waals surface area contributed by atoms with E-state index < -0.39 is 23.8 Å². The Morgan fingerprint density at radius 1 is 1.06 bits per heavy atom. The van der Waals surface area contributed by atoms with E-state index in [4.69, 9.17) is 4.74 Å². The van der Waals surface area contributed by atoms with Crippen LogP contribution in [-0.2, 0) is 14.3 Å². The number of hydrogen-bond acceptors (Lipinski definition) is 4. The highest BCUT2D eigenvalue weighted by Crippen LogP contribution is 2.24. The molecule has 0 radical (unpaired) electrons. The summed E-state index contributed by atoms with van der Waals surface area (Å²) in [5.74, 6) is -0.361. The molecule has 2 atom stereocenters. The third-order valence-corrected chi connectivity index (χ3v) is 5.10. The average Bonchev–Trinajstić information content (AvgIpc) is 2.70. The minimum atomic E-state index is -0.795. The van der Waals surface area contributed by atoms with Crippen LogP contribution in [0.1, 0.15) is 84.9 Å². The maximum absolute atomic E-state index is 13.7. The van der Waals surface area contributed by atoms with Gasteiger partial charge in [0, 0.05) is 13.1 Å². The monoisotopic (exact) mass is 461 g/mol. The molecule has 0 heterocycles. The molecule has 0 spiro atoms. The molecular weight excluding hydrogens is 418 g/mol. The molecule has 0 aliphatic carbocycles. The van der Waals surface area contributed by atoms with Crippen molar-refractivity contribution in [2.24, 2.45) is 5.92 Å². The molecule has 0 saturated carbocycles. The first-order valence-corrected chi connectivity index (χ1v) is 12.0. The summed E-state index contributed by atoms with van der Waals surface area (Å²) in [7, 11) is 0. The standard InChI is InChI=1S/C26H43N3O4/c1-9-11-16-27-23(30)22(20-14-12-19(5)13-15-20)29(10-2)24(31)21(17-18(3)4)28-25(32)33-26(6,7)8/h12-15,18,21-22H,9-11,16-17H2,1-8H3,(H,27,30)(H,28,32). The number of ether oxygens (including phenoxy) is 1. The molecule has 0 aromatic heterocycles. The Kier molecular flexibility index (Phi) is 11.4. The highest BCUT2D eigenvalue weighted by Gasteiger charge is 2.35. The van der Waals surface area contributed by atoms with Crippen molar-refractivity contribution in [1.29, 1.82) is 0 Å². The Morgan fingerprint density at radius 3 is 2.15 bits per heavy atom. The molecule has 0 aliphatic heterocycles. The van der Waals surface area contributed by atoms with Crippen molar-refractivity contribution in [2.75, 3.05) is 13.1 Å². The normalized spacial score (nSPS) is 13.2. The zero-order valence-electron chi connectivity index (χ0n) is 21.7. The zero-order valence-corrected chi connectivity index (χ0v) is 21.7. The van der Waals surface area contributed by atoms with Gasteiger partial charge < -0.3 is 20.3 Å². The van der Waals surface area contributed by atoms with Crippen LogP contribution in [-0.4, -0.2) is 47.5 Å². The van der Waals surface area contributed by atoms with E-state index in [1.807, 2.05) is 52.0 Å². The molecule has 2 N–H and O–H groups in total. The Balaban J connectivity index is 3.27. The molecular formula is C26H43N3O4. The first-order valence-electron chi connectivity index (χ1n) is 12.0. The van der Waals surface area contributed by atoms with Crippen LogP contribution in [0, 0.1) is 12.8 Å². The molecule has 0 fully saturated rings. The number of carbonyl (C=O) groups excluding carboxylic acids is 3. The van der Waals surface area contributed by atoms with Gasteiger partial charge >= 0.3 is 6.09 Å². The molecule has 33 heavy (non-hydrogen) atoms. The molecule has 0 aliphatic rings. The van der Waals surface area contributed by atoms with Crippen LogP contribution in [0.3, 0.4) is 0 Å². The van der Waals surface area contributed by atoms with Crippen molar-refractivity contribution in [3.05, 3.63) is 35.4 Å². The number of nitrogens with zero attached hydrogens (tertiary/aromatic N) is 1. The smallest absolute Gasteiger partial charge is 0.408 e. The second-order valence-electron chi connectivity index (χ2n) is 9.91. The summed E-state index contributed by atoms with van der Waals surface area (Å²) < 4.78 is 5.38. The number of unbranched alkanes of at least 4 members (excludes halogenated alkanes) is 1. The van der Waals surface area contributed by atoms with E-state index in [2.05, 4.69) is 17.6 Å². The maximum atomic E-state index is 13.7. The number of hydrogen-bond donors (Lipinski definition) is 2. The molecule has 2 unspecified atom stereocenters. The quantitative estimate of drug-likeness (QED) is 0.466. The van der Waals surface area contributed by atoms with Gasteiger partial charge in [-0.3, -0.25) is 9.59 Å². The number of rotatable bonds is 11. The lowest BCUT2D eigenvalue weighted by Gasteiger charge is -2.34. The summed E-state index contributed by atoms with van der Waals surface area (Å²) in [6.45, 7) is 16.1. The van der Waals surface area contributed by atoms with Crippen LogP contribution in [0.25, 0.3) is 0 Å². The van der Waals surface area contributed by atoms with Crippen LogP contribution in [0.2, 0.25) is 0 Å². The van der Waals surface area contributed by atoms with Crippen LogP contribution < -0.4 is 10.6 Å². The van der Waals surface area contributed by atoms with Gasteiger partial charge in [-0.1, -0.05) is 57.0 Å². The van der Waals surface area contributed by atoms with Gasteiger partial charge in [-0.05, 0) is 58.9 Å². The molecule has 1 aromatic rings. The van der Waals surface area contributed by atoms with Crippen LogP contribution in [0.5, 0.6) is 0 Å². The number of likely N-dealkylation sites (N-methyl/N-ethyl adjacent to an activating group) is 1. The van der Waals surface area contributed by atoms with Gasteiger partial charge in [0.15, 0.2) is 0 Å². The molecule has 1 rings (SSSR count). The van der Waals surface area contributed by atoms with Crippen molar-refractivity contribution in [3.63, 3.8) is 0 Å². The van der Waals surface area contributed by atoms with Gasteiger partial charge in [0.1, 0.15) is 17.7 Å².